The molecular weight excluding hydrogens is 284 g/mol. The standard InChI is InChI=1S/C16H24N2O2S/c1-2-7-18(12-15-4-3-10-21-15)16(20)13-17-8-5-14(11-17)6-9-19/h2-4,10,14,19H,1,5-9,11-13H2. The lowest BCUT2D eigenvalue weighted by Crippen LogP contribution is -2.39. The van der Waals surface area contributed by atoms with E-state index in [0.29, 0.717) is 25.6 Å². The zero-order valence-electron chi connectivity index (χ0n) is 12.4. The fourth-order valence-electron chi connectivity index (χ4n) is 2.77. The topological polar surface area (TPSA) is 43.8 Å². The van der Waals surface area contributed by atoms with Crippen LogP contribution in [0.25, 0.3) is 0 Å². The van der Waals surface area contributed by atoms with Crippen molar-refractivity contribution in [2.45, 2.75) is 19.4 Å². The summed E-state index contributed by atoms with van der Waals surface area (Å²) in [4.78, 5) is 17.7. The number of hydrogen-bond acceptors (Lipinski definition) is 4. The van der Waals surface area contributed by atoms with Crippen molar-refractivity contribution in [3.8, 4) is 0 Å². The molecule has 1 N–H and O–H groups in total. The molecule has 5 heteroatoms. The first-order valence-corrected chi connectivity index (χ1v) is 8.35. The third kappa shape index (κ3) is 4.95. The van der Waals surface area contributed by atoms with Crippen LogP contribution in [0.15, 0.2) is 30.2 Å². The third-order valence-electron chi connectivity index (χ3n) is 3.90. The monoisotopic (exact) mass is 308 g/mol. The van der Waals surface area contributed by atoms with E-state index in [2.05, 4.69) is 17.5 Å². The normalized spacial score (nSPS) is 18.8. The second kappa shape index (κ2) is 8.32. The van der Waals surface area contributed by atoms with Gasteiger partial charge in [0.25, 0.3) is 0 Å². The van der Waals surface area contributed by atoms with Crippen LogP contribution in [0.3, 0.4) is 0 Å². The van der Waals surface area contributed by atoms with Crippen LogP contribution in [0, 0.1) is 5.92 Å². The lowest BCUT2D eigenvalue weighted by Gasteiger charge is -2.24. The maximum atomic E-state index is 12.5. The summed E-state index contributed by atoms with van der Waals surface area (Å²) in [5, 5.41) is 11.0. The molecule has 1 aliphatic heterocycles. The van der Waals surface area contributed by atoms with Crippen molar-refractivity contribution in [3.63, 3.8) is 0 Å². The first-order chi connectivity index (χ1) is 10.2. The molecule has 116 valence electrons. The van der Waals surface area contributed by atoms with E-state index in [4.69, 9.17) is 5.11 Å². The number of carbonyl (C=O) groups excluding carboxylic acids is 1. The smallest absolute Gasteiger partial charge is 0.237 e. The van der Waals surface area contributed by atoms with Crippen molar-refractivity contribution >= 4 is 17.2 Å². The van der Waals surface area contributed by atoms with Gasteiger partial charge in [-0.2, -0.15) is 0 Å². The highest BCUT2D eigenvalue weighted by molar-refractivity contribution is 7.09. The van der Waals surface area contributed by atoms with Crippen LogP contribution < -0.4 is 0 Å². The highest BCUT2D eigenvalue weighted by Crippen LogP contribution is 2.19. The zero-order chi connectivity index (χ0) is 15.1. The minimum absolute atomic E-state index is 0.160. The zero-order valence-corrected chi connectivity index (χ0v) is 13.2. The minimum atomic E-state index is 0.160. The summed E-state index contributed by atoms with van der Waals surface area (Å²) in [6.07, 6.45) is 3.71. The SMILES string of the molecule is C=CCN(Cc1cccs1)C(=O)CN1CCC(CCO)C1. The molecule has 1 atom stereocenters. The van der Waals surface area contributed by atoms with Crippen molar-refractivity contribution in [1.29, 1.82) is 0 Å². The number of aliphatic hydroxyl groups excluding tert-OH is 1. The van der Waals surface area contributed by atoms with Crippen LogP contribution in [0.2, 0.25) is 0 Å². The fourth-order valence-corrected chi connectivity index (χ4v) is 3.49. The van der Waals surface area contributed by atoms with Gasteiger partial charge in [0.2, 0.25) is 5.91 Å². The summed E-state index contributed by atoms with van der Waals surface area (Å²) in [5.41, 5.74) is 0. The average molecular weight is 308 g/mol. The van der Waals surface area contributed by atoms with Crippen molar-refractivity contribution < 1.29 is 9.90 Å². The highest BCUT2D eigenvalue weighted by atomic mass is 32.1. The van der Waals surface area contributed by atoms with Crippen LogP contribution in [-0.4, -0.2) is 53.6 Å². The first-order valence-electron chi connectivity index (χ1n) is 7.47. The molecule has 2 rings (SSSR count). The third-order valence-corrected chi connectivity index (χ3v) is 4.76. The van der Waals surface area contributed by atoms with Crippen molar-refractivity contribution in [2.75, 3.05) is 32.8 Å². The predicted octanol–water partition coefficient (Wildman–Crippen LogP) is 1.97. The van der Waals surface area contributed by atoms with Gasteiger partial charge in [-0.15, -0.1) is 17.9 Å². The molecule has 4 nitrogen and oxygen atoms in total. The Morgan fingerprint density at radius 3 is 3.14 bits per heavy atom. The Balaban J connectivity index is 1.85. The molecule has 1 aliphatic rings. The van der Waals surface area contributed by atoms with E-state index in [0.717, 1.165) is 25.9 Å². The molecule has 0 bridgehead atoms. The molecule has 0 aliphatic carbocycles. The molecule has 1 aromatic heterocycles. The number of nitrogens with zero attached hydrogens (tertiary/aromatic N) is 2. The number of amides is 1. The van der Waals surface area contributed by atoms with Crippen LogP contribution in [-0.2, 0) is 11.3 Å². The molecular formula is C16H24N2O2S. The van der Waals surface area contributed by atoms with Crippen molar-refractivity contribution in [3.05, 3.63) is 35.0 Å². The first kappa shape index (κ1) is 16.2. The van der Waals surface area contributed by atoms with Gasteiger partial charge < -0.3 is 10.0 Å². The molecule has 1 aromatic rings. The highest BCUT2D eigenvalue weighted by Gasteiger charge is 2.25. The van der Waals surface area contributed by atoms with Crippen molar-refractivity contribution in [2.24, 2.45) is 5.92 Å². The van der Waals surface area contributed by atoms with Gasteiger partial charge in [-0.25, -0.2) is 0 Å². The Labute approximate surface area is 130 Å². The van der Waals surface area contributed by atoms with Crippen LogP contribution in [0.5, 0.6) is 0 Å². The molecule has 0 aromatic carbocycles. The van der Waals surface area contributed by atoms with Gasteiger partial charge >= 0.3 is 0 Å². The predicted molar refractivity (Wildman–Crippen MR) is 86.2 cm³/mol. The summed E-state index contributed by atoms with van der Waals surface area (Å²) < 4.78 is 0. The van der Waals surface area contributed by atoms with E-state index in [1.165, 1.54) is 4.88 Å². The maximum Gasteiger partial charge on any atom is 0.237 e. The second-order valence-corrected chi connectivity index (χ2v) is 6.58. The van der Waals surface area contributed by atoms with E-state index in [9.17, 15) is 4.79 Å². The number of thiophene rings is 1. The average Bonchev–Trinajstić information content (AvgIpc) is 3.11. The summed E-state index contributed by atoms with van der Waals surface area (Å²) in [6.45, 7) is 7.60. The van der Waals surface area contributed by atoms with Crippen LogP contribution in [0.1, 0.15) is 17.7 Å². The van der Waals surface area contributed by atoms with Gasteiger partial charge in [-0.1, -0.05) is 12.1 Å². The second-order valence-electron chi connectivity index (χ2n) is 5.54. The molecule has 1 fully saturated rings. The fraction of sp³-hybridized carbons (Fsp3) is 0.562. The van der Waals surface area contributed by atoms with Crippen molar-refractivity contribution in [1.82, 2.24) is 9.80 Å². The maximum absolute atomic E-state index is 12.5. The lowest BCUT2D eigenvalue weighted by atomic mass is 10.1. The van der Waals surface area contributed by atoms with E-state index in [1.807, 2.05) is 16.3 Å². The number of carbonyl (C=O) groups is 1. The number of likely N-dealkylation sites (tertiary alicyclic amines) is 1. The summed E-state index contributed by atoms with van der Waals surface area (Å²) in [5.74, 6) is 0.695. The molecule has 0 spiro atoms. The molecule has 0 radical (unpaired) electrons. The van der Waals surface area contributed by atoms with E-state index in [1.54, 1.807) is 17.4 Å². The largest absolute Gasteiger partial charge is 0.396 e. The number of rotatable bonds is 8. The quantitative estimate of drug-likeness (QED) is 0.747. The number of hydrogen-bond donors (Lipinski definition) is 1. The van der Waals surface area contributed by atoms with Gasteiger partial charge in [-0.3, -0.25) is 9.69 Å². The van der Waals surface area contributed by atoms with Gasteiger partial charge in [0.15, 0.2) is 0 Å². The molecule has 1 amide bonds. The summed E-state index contributed by atoms with van der Waals surface area (Å²) in [7, 11) is 0. The Morgan fingerprint density at radius 2 is 2.48 bits per heavy atom. The molecule has 2 heterocycles. The van der Waals surface area contributed by atoms with Crippen LogP contribution in [0.4, 0.5) is 0 Å². The molecule has 21 heavy (non-hydrogen) atoms. The minimum Gasteiger partial charge on any atom is -0.396 e. The molecule has 1 unspecified atom stereocenters. The Morgan fingerprint density at radius 1 is 1.62 bits per heavy atom. The lowest BCUT2D eigenvalue weighted by molar-refractivity contribution is -0.132. The van der Waals surface area contributed by atoms with E-state index in [-0.39, 0.29) is 12.5 Å². The Bertz CT molecular complexity index is 447. The van der Waals surface area contributed by atoms with Gasteiger partial charge in [0.05, 0.1) is 13.1 Å². The number of aliphatic hydroxyl groups is 1. The Hall–Kier alpha value is -1.17. The van der Waals surface area contributed by atoms with E-state index >= 15 is 0 Å². The van der Waals surface area contributed by atoms with Crippen LogP contribution >= 0.6 is 11.3 Å². The van der Waals surface area contributed by atoms with Gasteiger partial charge in [-0.05, 0) is 36.8 Å². The summed E-state index contributed by atoms with van der Waals surface area (Å²) in [6, 6.07) is 4.07. The van der Waals surface area contributed by atoms with E-state index < -0.39 is 0 Å². The summed E-state index contributed by atoms with van der Waals surface area (Å²) >= 11 is 1.67. The molecule has 1 saturated heterocycles. The Kier molecular flexibility index (Phi) is 6.42. The van der Waals surface area contributed by atoms with Gasteiger partial charge in [0, 0.05) is 24.6 Å². The van der Waals surface area contributed by atoms with Gasteiger partial charge in [0.1, 0.15) is 0 Å². The molecule has 0 saturated carbocycles.